The molecule has 0 aliphatic heterocycles. The van der Waals surface area contributed by atoms with Gasteiger partial charge in [-0.15, -0.1) is 90.7 Å². The van der Waals surface area contributed by atoms with E-state index in [2.05, 4.69) is 77.2 Å². The lowest BCUT2D eigenvalue weighted by Gasteiger charge is -2.11. The standard InChI is InChI=1S/C17H13F3N2O2S.C15H10FN3S.C14H10F3N3S.C14H8FN3S.C14H13N3S.C14H9N3S.C13H6F3N3S2/c1-8(23)15-14(21)13-11(17(18,19)20)7-12(22-16(13)25-15)9-4-3-5-10(6-9)24-2;1-8-3-4-9(11(16)7-8)12-6-5-10-13(17)15(18-2)20-14(10)19-12;1-7-6-9(14(15,16)17)10-11(18)12(21-13(10)20-7)8-2-4-19-5-3-8;1-17-14-12(16)9-6-7-11(18-13(9)19-14)8-4-2-3-5-10(8)15;1-8-7-9(2)17-14-11(8)12(15)13(18-14)10-3-5-16-6-4-10;1-16-14-12(15)10-7-8-11(17-13(10)18-14)9-5-3-2-4-6-9;1-18-12-10(17)9-6(13(14,15)16)5-7(19-11(9)21-12)8-3-2-4-20-8/h3-7H,21H2,1-2H3;3-7H,17H2,1H3;2-6H,18H2,1H3;2-7H,16H2;3-7H,15H2,1-2H3;2-8H,15H2;2-5H,17H2. The maximum Gasteiger partial charge on any atom is 0.417 e. The summed E-state index contributed by atoms with van der Waals surface area (Å²) < 4.78 is 153. The summed E-state index contributed by atoms with van der Waals surface area (Å²) in [4.78, 5) is 69.5. The molecule has 41 heteroatoms. The lowest BCUT2D eigenvalue weighted by Crippen LogP contribution is -2.08. The monoisotopic (exact) mass is 2060 g/mol. The van der Waals surface area contributed by atoms with E-state index < -0.39 is 41.0 Å². The number of hydrogen-bond donors (Lipinski definition) is 7. The first-order chi connectivity index (χ1) is 67.8. The number of hydrogen-bond acceptors (Lipinski definition) is 26. The van der Waals surface area contributed by atoms with Crippen LogP contribution in [0.5, 0.6) is 5.75 Å². The number of nitrogens with zero attached hydrogens (tertiary/aromatic N) is 13. The zero-order valence-corrected chi connectivity index (χ0v) is 81.0. The third-order valence-electron chi connectivity index (χ3n) is 21.2. The molecule has 0 saturated carbocycles. The predicted molar refractivity (Wildman–Crippen MR) is 555 cm³/mol. The number of nitrogens with two attached hydrogens (primary N) is 7. The van der Waals surface area contributed by atoms with Gasteiger partial charge in [-0.3, -0.25) is 14.8 Å². The van der Waals surface area contributed by atoms with Gasteiger partial charge < -0.3 is 44.9 Å². The Bertz CT molecular complexity index is 8590. The lowest BCUT2D eigenvalue weighted by molar-refractivity contribution is -0.137. The summed E-state index contributed by atoms with van der Waals surface area (Å²) in [6, 6.07) is 54.8. The van der Waals surface area contributed by atoms with E-state index in [0.29, 0.717) is 95.8 Å². The Morgan fingerprint density at radius 3 is 1.28 bits per heavy atom. The van der Waals surface area contributed by atoms with Gasteiger partial charge in [-0.1, -0.05) is 66.7 Å². The highest BCUT2D eigenvalue weighted by molar-refractivity contribution is 7.25. The highest BCUT2D eigenvalue weighted by Gasteiger charge is 2.39. The van der Waals surface area contributed by atoms with Crippen LogP contribution in [0.4, 0.5) is 108 Å². The van der Waals surface area contributed by atoms with Crippen LogP contribution >= 0.6 is 90.7 Å². The van der Waals surface area contributed by atoms with Gasteiger partial charge in [0.2, 0.25) is 0 Å². The van der Waals surface area contributed by atoms with Crippen LogP contribution in [-0.4, -0.2) is 57.7 Å². The van der Waals surface area contributed by atoms with E-state index in [1.54, 1.807) is 139 Å². The molecule has 142 heavy (non-hydrogen) atoms. The number of carbonyl (C=O) groups is 1. The van der Waals surface area contributed by atoms with Gasteiger partial charge in [0, 0.05) is 103 Å². The van der Waals surface area contributed by atoms with E-state index >= 15 is 0 Å². The minimum Gasteiger partial charge on any atom is -0.497 e. The summed E-state index contributed by atoms with van der Waals surface area (Å²) in [5.74, 6) is -0.504. The normalized spacial score (nSPS) is 11.2. The van der Waals surface area contributed by atoms with Crippen molar-refractivity contribution in [1.82, 2.24) is 44.9 Å². The molecule has 0 unspecified atom stereocenters. The molecular weight excluding hydrogens is 1990 g/mol. The molecule has 22 nitrogen and oxygen atoms in total. The fourth-order valence-corrected chi connectivity index (χ4v) is 22.3. The fourth-order valence-electron chi connectivity index (χ4n) is 14.6. The van der Waals surface area contributed by atoms with Crippen LogP contribution in [-0.2, 0) is 18.5 Å². The predicted octanol–water partition coefficient (Wildman–Crippen LogP) is 30.7. The number of carbonyl (C=O) groups excluding carboxylic acids is 1. The van der Waals surface area contributed by atoms with Gasteiger partial charge in [0.15, 0.2) is 5.78 Å². The number of thiophene rings is 8. The molecule has 0 amide bonds. The van der Waals surface area contributed by atoms with E-state index in [1.807, 2.05) is 74.5 Å². The van der Waals surface area contributed by atoms with Gasteiger partial charge in [0.05, 0.1) is 138 Å². The van der Waals surface area contributed by atoms with Crippen LogP contribution in [0.3, 0.4) is 0 Å². The molecule has 21 rings (SSSR count). The number of rotatable bonds is 9. The summed E-state index contributed by atoms with van der Waals surface area (Å²) in [6.45, 7) is 36.9. The van der Waals surface area contributed by atoms with Gasteiger partial charge >= 0.3 is 18.5 Å². The Kier molecular flexibility index (Phi) is 29.6. The molecule has 0 saturated heterocycles. The van der Waals surface area contributed by atoms with E-state index in [4.69, 9.17) is 71.2 Å². The molecule has 0 bridgehead atoms. The van der Waals surface area contributed by atoms with Crippen molar-refractivity contribution in [2.24, 2.45) is 0 Å². The van der Waals surface area contributed by atoms with Crippen LogP contribution in [0.15, 0.2) is 224 Å². The van der Waals surface area contributed by atoms with Gasteiger partial charge in [-0.2, -0.15) is 39.5 Å². The van der Waals surface area contributed by atoms with Crippen LogP contribution in [0.1, 0.15) is 55.8 Å². The second kappa shape index (κ2) is 41.9. The molecule has 17 heterocycles. The molecule has 0 fully saturated rings. The summed E-state index contributed by atoms with van der Waals surface area (Å²) in [6.07, 6.45) is -6.93. The smallest absolute Gasteiger partial charge is 0.417 e. The first-order valence-corrected chi connectivity index (χ1v) is 48.0. The van der Waals surface area contributed by atoms with Crippen molar-refractivity contribution in [3.05, 3.63) is 326 Å². The number of halogens is 11. The highest BCUT2D eigenvalue weighted by Crippen LogP contribution is 2.52. The van der Waals surface area contributed by atoms with Crippen molar-refractivity contribution in [1.29, 1.82) is 0 Å². The van der Waals surface area contributed by atoms with E-state index in [0.717, 1.165) is 128 Å². The number of ether oxygens (including phenoxy) is 1. The third-order valence-corrected chi connectivity index (χ3v) is 29.6. The fraction of sp³-hybridized carbons (Fsp3) is 0.0891. The van der Waals surface area contributed by atoms with Gasteiger partial charge in [0.25, 0.3) is 20.0 Å². The quantitative estimate of drug-likeness (QED) is 0.0401. The Labute approximate surface area is 832 Å². The van der Waals surface area contributed by atoms with Crippen LogP contribution in [0.2, 0.25) is 0 Å². The number of Topliss-reactive ketones (excluding diaryl/α,β-unsaturated/α-hetero) is 1. The molecule has 0 aliphatic carbocycles. The van der Waals surface area contributed by atoms with Crippen LogP contribution in [0.25, 0.3) is 167 Å². The number of fused-ring (bicyclic) bond motifs is 7. The second-order valence-electron chi connectivity index (χ2n) is 30.7. The molecule has 710 valence electrons. The zero-order chi connectivity index (χ0) is 102. The highest BCUT2D eigenvalue weighted by atomic mass is 32.1. The molecule has 0 spiro atoms. The van der Waals surface area contributed by atoms with Crippen molar-refractivity contribution in [2.45, 2.75) is 53.1 Å². The number of anilines is 7. The van der Waals surface area contributed by atoms with Crippen molar-refractivity contribution in [3.63, 3.8) is 0 Å². The minimum absolute atomic E-state index is 0.0232. The zero-order valence-electron chi connectivity index (χ0n) is 74.5. The first-order valence-electron chi connectivity index (χ1n) is 41.4. The Hall–Kier alpha value is -16.1. The van der Waals surface area contributed by atoms with Crippen LogP contribution < -0.4 is 44.9 Å². The molecule has 17 aromatic heterocycles. The Balaban J connectivity index is 0.000000125. The van der Waals surface area contributed by atoms with Crippen molar-refractivity contribution < 1.29 is 57.8 Å². The lowest BCUT2D eigenvalue weighted by atomic mass is 10.0. The average Bonchev–Trinajstić information content (AvgIpc) is 1.59. The SMILES string of the molecule is COc1cccc(-c2cc(C(F)(F)F)c3c(N)c(C(C)=O)sc3n2)c1.Cc1cc(C(F)(F)F)c2c(N)c(-c3ccncc3)sc2n1.Cc1cc(C)c2c(N)c(-c3ccncc3)sc2n1.[C-]#[N+]c1sc2nc(-c3ccc(C)cc3F)ccc2c1N.[C-]#[N+]c1sc2nc(-c3ccccc3)ccc2c1N.[C-]#[N+]c1sc2nc(-c3ccccc3F)ccc2c1N.[C-]#[N+]c1sc2nc(-c3cccs3)cc(C(F)(F)F)c2c1N. The number of aromatic nitrogens is 9. The summed E-state index contributed by atoms with van der Waals surface area (Å²) in [5, 5.41) is 6.17. The van der Waals surface area contributed by atoms with Gasteiger partial charge in [-0.25, -0.2) is 63.0 Å². The summed E-state index contributed by atoms with van der Waals surface area (Å²) in [7, 11) is 1.47. The molecule has 0 aliphatic rings. The van der Waals surface area contributed by atoms with E-state index in [1.165, 1.54) is 84.0 Å². The number of methoxy groups -OCH3 is 1. The van der Waals surface area contributed by atoms with Gasteiger partial charge in [-0.05, 0) is 183 Å². The number of benzene rings is 4. The first kappa shape index (κ1) is 100. The van der Waals surface area contributed by atoms with E-state index in [9.17, 15) is 53.1 Å². The summed E-state index contributed by atoms with van der Waals surface area (Å²) in [5.41, 5.74) is 50.9. The molecule has 14 N–H and O–H groups in total. The number of nitrogen functional groups attached to an aromatic ring is 7. The number of ketones is 1. The molecule has 0 atom stereocenters. The van der Waals surface area contributed by atoms with Crippen molar-refractivity contribution in [2.75, 3.05) is 47.2 Å². The number of aryl methyl sites for hydroxylation is 4. The molecular formula is C101H69F11N20O2S8. The molecule has 0 radical (unpaired) electrons. The Morgan fingerprint density at radius 1 is 0.359 bits per heavy atom. The maximum absolute atomic E-state index is 14.0. The molecule has 21 aromatic rings. The Morgan fingerprint density at radius 2 is 0.782 bits per heavy atom. The number of pyridine rings is 9. The largest absolute Gasteiger partial charge is 0.497 e. The van der Waals surface area contributed by atoms with E-state index in [-0.39, 0.29) is 75.8 Å². The summed E-state index contributed by atoms with van der Waals surface area (Å²) >= 11 is 9.64. The second-order valence-corrected chi connectivity index (χ2v) is 38.6. The number of alkyl halides is 9. The minimum atomic E-state index is -4.63. The third kappa shape index (κ3) is 21.4. The van der Waals surface area contributed by atoms with Crippen molar-refractivity contribution in [3.8, 4) is 82.2 Å². The van der Waals surface area contributed by atoms with Crippen LogP contribution in [0, 0.1) is 65.6 Å². The average molecular weight is 2060 g/mol. The topological polar surface area (TPSA) is 342 Å². The van der Waals surface area contributed by atoms with Crippen molar-refractivity contribution >= 4 is 228 Å². The maximum atomic E-state index is 14.0. The van der Waals surface area contributed by atoms with Gasteiger partial charge in [0.1, 0.15) is 51.2 Å². The molecule has 4 aromatic carbocycles.